The van der Waals surface area contributed by atoms with Gasteiger partial charge in [-0.3, -0.25) is 9.59 Å². The Hall–Kier alpha value is -1.10. The lowest BCUT2D eigenvalue weighted by Crippen LogP contribution is -2.36. The summed E-state index contributed by atoms with van der Waals surface area (Å²) in [5.74, 6) is -0.350. The van der Waals surface area contributed by atoms with Crippen molar-refractivity contribution in [1.29, 1.82) is 0 Å². The number of aliphatic hydroxyl groups excluding tert-OH is 1. The molecule has 5 heteroatoms. The van der Waals surface area contributed by atoms with Gasteiger partial charge in [-0.05, 0) is 13.3 Å². The summed E-state index contributed by atoms with van der Waals surface area (Å²) in [7, 11) is 3.26. The average Bonchev–Trinajstić information content (AvgIpc) is 2.10. The molecule has 82 valence electrons. The van der Waals surface area contributed by atoms with Crippen molar-refractivity contribution in [1.82, 2.24) is 10.2 Å². The Morgan fingerprint density at radius 1 is 1.43 bits per heavy atom. The van der Waals surface area contributed by atoms with Crippen LogP contribution in [-0.2, 0) is 9.59 Å². The van der Waals surface area contributed by atoms with E-state index in [-0.39, 0.29) is 24.8 Å². The van der Waals surface area contributed by atoms with Crippen LogP contribution in [0.15, 0.2) is 0 Å². The number of nitrogens with one attached hydrogen (secondary N) is 1. The maximum atomic E-state index is 11.1. The molecule has 0 aliphatic heterocycles. The monoisotopic (exact) mass is 202 g/mol. The molecule has 0 aromatic carbocycles. The van der Waals surface area contributed by atoms with Crippen LogP contribution in [0.25, 0.3) is 0 Å². The van der Waals surface area contributed by atoms with Crippen molar-refractivity contribution in [2.75, 3.05) is 20.6 Å². The molecule has 0 spiro atoms. The molecule has 0 aliphatic carbocycles. The zero-order valence-electron chi connectivity index (χ0n) is 8.91. The molecule has 1 atom stereocenters. The molecular formula is C9H18N2O3. The largest absolute Gasteiger partial charge is 0.393 e. The first-order valence-electron chi connectivity index (χ1n) is 4.58. The molecule has 0 bridgehead atoms. The van der Waals surface area contributed by atoms with Crippen LogP contribution in [0.3, 0.4) is 0 Å². The van der Waals surface area contributed by atoms with Crippen LogP contribution < -0.4 is 5.32 Å². The second-order valence-electron chi connectivity index (χ2n) is 3.45. The predicted octanol–water partition coefficient (Wildman–Crippen LogP) is -0.648. The number of aliphatic hydroxyl groups is 1. The summed E-state index contributed by atoms with van der Waals surface area (Å²) in [6.07, 6.45) is 0.186. The summed E-state index contributed by atoms with van der Waals surface area (Å²) in [6.45, 7) is 1.64. The number of hydrogen-bond acceptors (Lipinski definition) is 3. The summed E-state index contributed by atoms with van der Waals surface area (Å²) < 4.78 is 0. The first-order chi connectivity index (χ1) is 6.43. The van der Waals surface area contributed by atoms with Gasteiger partial charge in [-0.2, -0.15) is 0 Å². The normalized spacial score (nSPS) is 12.0. The maximum absolute atomic E-state index is 11.1. The van der Waals surface area contributed by atoms with E-state index in [1.54, 1.807) is 21.0 Å². The van der Waals surface area contributed by atoms with Gasteiger partial charge in [-0.25, -0.2) is 0 Å². The fourth-order valence-electron chi connectivity index (χ4n) is 0.761. The van der Waals surface area contributed by atoms with Gasteiger partial charge in [-0.15, -0.1) is 0 Å². The van der Waals surface area contributed by atoms with Crippen molar-refractivity contribution in [2.24, 2.45) is 0 Å². The SMILES string of the molecule is CC(O)CCC(=O)NCC(=O)N(C)C. The lowest BCUT2D eigenvalue weighted by atomic mass is 10.2. The van der Waals surface area contributed by atoms with Crippen LogP contribution in [0, 0.1) is 0 Å². The number of carbonyl (C=O) groups is 2. The van der Waals surface area contributed by atoms with Gasteiger partial charge in [0.15, 0.2) is 0 Å². The van der Waals surface area contributed by atoms with Gasteiger partial charge in [0, 0.05) is 20.5 Å². The van der Waals surface area contributed by atoms with Crippen molar-refractivity contribution in [3.8, 4) is 0 Å². The van der Waals surface area contributed by atoms with E-state index in [2.05, 4.69) is 5.32 Å². The third kappa shape index (κ3) is 6.42. The first kappa shape index (κ1) is 12.9. The van der Waals surface area contributed by atoms with Crippen LogP contribution in [-0.4, -0.2) is 48.6 Å². The van der Waals surface area contributed by atoms with Crippen LogP contribution in [0.5, 0.6) is 0 Å². The third-order valence-corrected chi connectivity index (χ3v) is 1.72. The second-order valence-corrected chi connectivity index (χ2v) is 3.45. The minimum absolute atomic E-state index is 0.0195. The lowest BCUT2D eigenvalue weighted by Gasteiger charge is -2.11. The van der Waals surface area contributed by atoms with Gasteiger partial charge in [0.2, 0.25) is 11.8 Å². The molecule has 0 fully saturated rings. The fourth-order valence-corrected chi connectivity index (χ4v) is 0.761. The van der Waals surface area contributed by atoms with E-state index in [1.165, 1.54) is 4.90 Å². The number of rotatable bonds is 5. The Kier molecular flexibility index (Phi) is 5.87. The molecule has 0 aliphatic rings. The number of likely N-dealkylation sites (N-methyl/N-ethyl adjacent to an activating group) is 1. The topological polar surface area (TPSA) is 69.6 Å². The highest BCUT2D eigenvalue weighted by molar-refractivity contribution is 5.84. The molecule has 2 amide bonds. The Balaban J connectivity index is 3.59. The zero-order valence-corrected chi connectivity index (χ0v) is 8.91. The highest BCUT2D eigenvalue weighted by atomic mass is 16.3. The maximum Gasteiger partial charge on any atom is 0.241 e. The summed E-state index contributed by atoms with van der Waals surface area (Å²) in [4.78, 5) is 23.5. The summed E-state index contributed by atoms with van der Waals surface area (Å²) in [5, 5.41) is 11.4. The quantitative estimate of drug-likeness (QED) is 0.622. The van der Waals surface area contributed by atoms with E-state index in [0.29, 0.717) is 6.42 Å². The van der Waals surface area contributed by atoms with Crippen molar-refractivity contribution in [3.63, 3.8) is 0 Å². The van der Waals surface area contributed by atoms with E-state index < -0.39 is 6.10 Å². The Labute approximate surface area is 84.1 Å². The summed E-state index contributed by atoms with van der Waals surface area (Å²) in [6, 6.07) is 0. The summed E-state index contributed by atoms with van der Waals surface area (Å²) >= 11 is 0. The minimum Gasteiger partial charge on any atom is -0.393 e. The Bertz CT molecular complexity index is 202. The number of nitrogens with zero attached hydrogens (tertiary/aromatic N) is 1. The highest BCUT2D eigenvalue weighted by Crippen LogP contribution is 1.94. The molecule has 0 rings (SSSR count). The van der Waals surface area contributed by atoms with Crippen LogP contribution in [0.1, 0.15) is 19.8 Å². The summed E-state index contributed by atoms with van der Waals surface area (Å²) in [5.41, 5.74) is 0. The van der Waals surface area contributed by atoms with Gasteiger partial charge in [0.25, 0.3) is 0 Å². The van der Waals surface area contributed by atoms with Gasteiger partial charge in [-0.1, -0.05) is 0 Å². The molecule has 0 radical (unpaired) electrons. The Morgan fingerprint density at radius 2 is 2.00 bits per heavy atom. The van der Waals surface area contributed by atoms with Crippen molar-refractivity contribution >= 4 is 11.8 Å². The lowest BCUT2D eigenvalue weighted by molar-refractivity contribution is -0.131. The second kappa shape index (κ2) is 6.37. The Morgan fingerprint density at radius 3 is 2.43 bits per heavy atom. The smallest absolute Gasteiger partial charge is 0.241 e. The van der Waals surface area contributed by atoms with Crippen LogP contribution in [0.4, 0.5) is 0 Å². The van der Waals surface area contributed by atoms with E-state index in [4.69, 9.17) is 5.11 Å². The minimum atomic E-state index is -0.481. The number of amides is 2. The molecule has 0 aromatic rings. The van der Waals surface area contributed by atoms with E-state index in [1.807, 2.05) is 0 Å². The number of hydrogen-bond donors (Lipinski definition) is 2. The van der Waals surface area contributed by atoms with E-state index >= 15 is 0 Å². The first-order valence-corrected chi connectivity index (χ1v) is 4.58. The van der Waals surface area contributed by atoms with Gasteiger partial charge < -0.3 is 15.3 Å². The third-order valence-electron chi connectivity index (χ3n) is 1.72. The molecule has 1 unspecified atom stereocenters. The van der Waals surface area contributed by atoms with Crippen molar-refractivity contribution < 1.29 is 14.7 Å². The molecule has 14 heavy (non-hydrogen) atoms. The standard InChI is InChI=1S/C9H18N2O3/c1-7(12)4-5-8(13)10-6-9(14)11(2)3/h7,12H,4-6H2,1-3H3,(H,10,13). The zero-order chi connectivity index (χ0) is 11.1. The molecule has 5 nitrogen and oxygen atoms in total. The van der Waals surface area contributed by atoms with Crippen LogP contribution >= 0.6 is 0 Å². The van der Waals surface area contributed by atoms with Gasteiger partial charge in [0.1, 0.15) is 0 Å². The van der Waals surface area contributed by atoms with Gasteiger partial charge in [0.05, 0.1) is 12.6 Å². The molecule has 0 saturated heterocycles. The average molecular weight is 202 g/mol. The van der Waals surface area contributed by atoms with E-state index in [9.17, 15) is 9.59 Å². The fraction of sp³-hybridized carbons (Fsp3) is 0.778. The molecular weight excluding hydrogens is 184 g/mol. The molecule has 2 N–H and O–H groups in total. The van der Waals surface area contributed by atoms with Crippen molar-refractivity contribution in [2.45, 2.75) is 25.9 Å². The molecule has 0 aromatic heterocycles. The predicted molar refractivity (Wildman–Crippen MR) is 52.6 cm³/mol. The van der Waals surface area contributed by atoms with E-state index in [0.717, 1.165) is 0 Å². The number of carbonyl (C=O) groups excluding carboxylic acids is 2. The van der Waals surface area contributed by atoms with Crippen LogP contribution in [0.2, 0.25) is 0 Å². The van der Waals surface area contributed by atoms with Crippen molar-refractivity contribution in [3.05, 3.63) is 0 Å². The molecule has 0 heterocycles. The highest BCUT2D eigenvalue weighted by Gasteiger charge is 2.07. The molecule has 0 saturated carbocycles. The van der Waals surface area contributed by atoms with Gasteiger partial charge >= 0.3 is 0 Å².